The van der Waals surface area contributed by atoms with Gasteiger partial charge in [0.1, 0.15) is 12.6 Å². The Hall–Kier alpha value is -2.04. The van der Waals surface area contributed by atoms with Crippen molar-refractivity contribution in [2.75, 3.05) is 31.5 Å². The summed E-state index contributed by atoms with van der Waals surface area (Å²) in [4.78, 5) is 16.2. The van der Waals surface area contributed by atoms with Crippen molar-refractivity contribution < 1.29 is 9.69 Å². The van der Waals surface area contributed by atoms with Crippen molar-refractivity contribution in [3.05, 3.63) is 65.2 Å². The van der Waals surface area contributed by atoms with Gasteiger partial charge in [-0.25, -0.2) is 0 Å². The molecule has 2 N–H and O–H groups in total. The summed E-state index contributed by atoms with van der Waals surface area (Å²) < 4.78 is 0. The van der Waals surface area contributed by atoms with Crippen LogP contribution in [0.1, 0.15) is 12.5 Å². The van der Waals surface area contributed by atoms with E-state index in [4.69, 9.17) is 11.6 Å². The van der Waals surface area contributed by atoms with Crippen LogP contribution in [0, 0.1) is 0 Å². The first-order chi connectivity index (χ1) is 12.1. The maximum absolute atomic E-state index is 12.7. The number of amides is 1. The van der Waals surface area contributed by atoms with Crippen LogP contribution in [0.5, 0.6) is 0 Å². The van der Waals surface area contributed by atoms with Crippen LogP contribution < -0.4 is 10.2 Å². The van der Waals surface area contributed by atoms with E-state index in [0.29, 0.717) is 5.02 Å². The Bertz CT molecular complexity index is 682. The summed E-state index contributed by atoms with van der Waals surface area (Å²) in [7, 11) is 0. The van der Waals surface area contributed by atoms with Gasteiger partial charge in [-0.15, -0.1) is 0 Å². The first-order valence-corrected chi connectivity index (χ1v) is 9.18. The lowest BCUT2D eigenvalue weighted by molar-refractivity contribution is -0.917. The zero-order chi connectivity index (χ0) is 17.6. The fourth-order valence-electron chi connectivity index (χ4n) is 3.24. The molecule has 1 aliphatic rings. The Morgan fingerprint density at radius 3 is 2.40 bits per heavy atom. The predicted octanol–water partition coefficient (Wildman–Crippen LogP) is 2.07. The van der Waals surface area contributed by atoms with Gasteiger partial charge in [0.05, 0.1) is 26.2 Å². The van der Waals surface area contributed by atoms with Gasteiger partial charge in [-0.3, -0.25) is 4.79 Å². The number of anilines is 1. The molecule has 4 nitrogen and oxygen atoms in total. The number of carbonyl (C=O) groups excluding carboxylic acids is 1. The van der Waals surface area contributed by atoms with E-state index in [1.54, 1.807) is 0 Å². The van der Waals surface area contributed by atoms with Gasteiger partial charge in [-0.2, -0.15) is 0 Å². The van der Waals surface area contributed by atoms with Gasteiger partial charge >= 0.3 is 0 Å². The van der Waals surface area contributed by atoms with E-state index >= 15 is 0 Å². The molecule has 2 aromatic rings. The van der Waals surface area contributed by atoms with Gasteiger partial charge < -0.3 is 15.1 Å². The molecule has 0 bridgehead atoms. The molecule has 1 aliphatic heterocycles. The van der Waals surface area contributed by atoms with Gasteiger partial charge in [0.25, 0.3) is 0 Å². The minimum absolute atomic E-state index is 0.161. The standard InChI is InChI=1S/C20H24ClN3O/c1-16(22-19-9-7-18(21)8-10-19)20(25)24-13-11-23(12-14-24)15-17-5-3-2-4-6-17/h2-10,16,22H,11-15H2,1H3/p+1/t16-/m0/s1. The van der Waals surface area contributed by atoms with E-state index in [1.165, 1.54) is 10.5 Å². The lowest BCUT2D eigenvalue weighted by Gasteiger charge is -2.34. The van der Waals surface area contributed by atoms with Gasteiger partial charge in [0.2, 0.25) is 5.91 Å². The molecule has 5 heteroatoms. The fraction of sp³-hybridized carbons (Fsp3) is 0.350. The third-order valence-corrected chi connectivity index (χ3v) is 4.93. The minimum atomic E-state index is -0.239. The molecular formula is C20H25ClN3O+. The van der Waals surface area contributed by atoms with E-state index < -0.39 is 0 Å². The molecule has 0 aliphatic carbocycles. The summed E-state index contributed by atoms with van der Waals surface area (Å²) in [6.07, 6.45) is 0. The normalized spacial score (nSPS) is 16.5. The smallest absolute Gasteiger partial charge is 0.245 e. The van der Waals surface area contributed by atoms with Crippen molar-refractivity contribution in [2.24, 2.45) is 0 Å². The molecular weight excluding hydrogens is 334 g/mol. The van der Waals surface area contributed by atoms with Crippen LogP contribution in [0.25, 0.3) is 0 Å². The fourth-order valence-corrected chi connectivity index (χ4v) is 3.36. The molecule has 0 unspecified atom stereocenters. The summed E-state index contributed by atoms with van der Waals surface area (Å²) in [5, 5.41) is 3.96. The number of carbonyl (C=O) groups is 1. The lowest BCUT2D eigenvalue weighted by atomic mass is 10.2. The zero-order valence-electron chi connectivity index (χ0n) is 14.5. The molecule has 3 rings (SSSR count). The molecule has 2 aromatic carbocycles. The van der Waals surface area contributed by atoms with Crippen LogP contribution in [0.4, 0.5) is 5.69 Å². The number of rotatable bonds is 5. The molecule has 1 amide bonds. The van der Waals surface area contributed by atoms with E-state index in [0.717, 1.165) is 38.4 Å². The Kier molecular flexibility index (Phi) is 5.95. The Morgan fingerprint density at radius 1 is 1.12 bits per heavy atom. The lowest BCUT2D eigenvalue weighted by Crippen LogP contribution is -3.13. The molecule has 0 spiro atoms. The Balaban J connectivity index is 1.48. The molecule has 0 radical (unpaired) electrons. The van der Waals surface area contributed by atoms with E-state index in [1.807, 2.05) is 42.2 Å². The molecule has 0 aromatic heterocycles. The average molecular weight is 359 g/mol. The number of piperazine rings is 1. The molecule has 25 heavy (non-hydrogen) atoms. The van der Waals surface area contributed by atoms with Crippen LogP contribution >= 0.6 is 11.6 Å². The molecule has 1 atom stereocenters. The molecule has 132 valence electrons. The SMILES string of the molecule is C[C@H](Nc1ccc(Cl)cc1)C(=O)N1CC[NH+](Cc2ccccc2)CC1. The van der Waals surface area contributed by atoms with E-state index in [-0.39, 0.29) is 11.9 Å². The highest BCUT2D eigenvalue weighted by atomic mass is 35.5. The van der Waals surface area contributed by atoms with Gasteiger partial charge in [0, 0.05) is 16.3 Å². The Morgan fingerprint density at radius 2 is 1.76 bits per heavy atom. The summed E-state index contributed by atoms with van der Waals surface area (Å²) in [6, 6.07) is 17.8. The number of quaternary nitrogens is 1. The summed E-state index contributed by atoms with van der Waals surface area (Å²) in [6.45, 7) is 6.56. The highest BCUT2D eigenvalue weighted by Gasteiger charge is 2.26. The van der Waals surface area contributed by atoms with Gasteiger partial charge in [-0.1, -0.05) is 41.9 Å². The first-order valence-electron chi connectivity index (χ1n) is 8.80. The molecule has 1 heterocycles. The maximum atomic E-state index is 12.7. The average Bonchev–Trinajstić information content (AvgIpc) is 2.64. The van der Waals surface area contributed by atoms with Crippen molar-refractivity contribution in [1.82, 2.24) is 4.90 Å². The van der Waals surface area contributed by atoms with Crippen molar-refractivity contribution in [3.8, 4) is 0 Å². The van der Waals surface area contributed by atoms with E-state index in [2.05, 4.69) is 29.6 Å². The topological polar surface area (TPSA) is 36.8 Å². The number of nitrogens with one attached hydrogen (secondary N) is 2. The number of benzene rings is 2. The zero-order valence-corrected chi connectivity index (χ0v) is 15.3. The van der Waals surface area contributed by atoms with Gasteiger partial charge in [0.15, 0.2) is 0 Å². The van der Waals surface area contributed by atoms with Crippen molar-refractivity contribution >= 4 is 23.2 Å². The predicted molar refractivity (Wildman–Crippen MR) is 102 cm³/mol. The minimum Gasteiger partial charge on any atom is -0.374 e. The first kappa shape index (κ1) is 17.8. The summed E-state index contributed by atoms with van der Waals surface area (Å²) in [5.41, 5.74) is 2.27. The highest BCUT2D eigenvalue weighted by Crippen LogP contribution is 2.14. The van der Waals surface area contributed by atoms with Crippen molar-refractivity contribution in [1.29, 1.82) is 0 Å². The number of hydrogen-bond donors (Lipinski definition) is 2. The maximum Gasteiger partial charge on any atom is 0.245 e. The second kappa shape index (κ2) is 8.37. The van der Waals surface area contributed by atoms with Crippen LogP contribution in [-0.4, -0.2) is 43.0 Å². The summed E-state index contributed by atoms with van der Waals surface area (Å²) >= 11 is 5.90. The quantitative estimate of drug-likeness (QED) is 0.858. The largest absolute Gasteiger partial charge is 0.374 e. The third kappa shape index (κ3) is 4.97. The van der Waals surface area contributed by atoms with Crippen molar-refractivity contribution in [2.45, 2.75) is 19.5 Å². The van der Waals surface area contributed by atoms with E-state index in [9.17, 15) is 4.79 Å². The number of nitrogens with zero attached hydrogens (tertiary/aromatic N) is 1. The molecule has 1 saturated heterocycles. The number of halogens is 1. The second-order valence-electron chi connectivity index (χ2n) is 6.61. The van der Waals surface area contributed by atoms with Gasteiger partial charge in [-0.05, 0) is 31.2 Å². The van der Waals surface area contributed by atoms with Crippen LogP contribution in [-0.2, 0) is 11.3 Å². The van der Waals surface area contributed by atoms with Crippen molar-refractivity contribution in [3.63, 3.8) is 0 Å². The molecule has 1 fully saturated rings. The number of hydrogen-bond acceptors (Lipinski definition) is 2. The monoisotopic (exact) mass is 358 g/mol. The van der Waals surface area contributed by atoms with Crippen LogP contribution in [0.3, 0.4) is 0 Å². The Labute approximate surface area is 154 Å². The summed E-state index contributed by atoms with van der Waals surface area (Å²) in [5.74, 6) is 0.161. The van der Waals surface area contributed by atoms with Crippen LogP contribution in [0.2, 0.25) is 5.02 Å². The second-order valence-corrected chi connectivity index (χ2v) is 7.05. The third-order valence-electron chi connectivity index (χ3n) is 4.68. The highest BCUT2D eigenvalue weighted by molar-refractivity contribution is 6.30. The molecule has 0 saturated carbocycles. The van der Waals surface area contributed by atoms with Crippen LogP contribution in [0.15, 0.2) is 54.6 Å².